The predicted molar refractivity (Wildman–Crippen MR) is 76.0 cm³/mol. The minimum absolute atomic E-state index is 0.115. The van der Waals surface area contributed by atoms with E-state index in [4.69, 9.17) is 35.4 Å². The lowest BCUT2D eigenvalue weighted by Gasteiger charge is -2.06. The van der Waals surface area contributed by atoms with Crippen LogP contribution in [0.4, 0.5) is 0 Å². The zero-order chi connectivity index (χ0) is 12.4. The van der Waals surface area contributed by atoms with Crippen molar-refractivity contribution >= 4 is 63.6 Å². The van der Waals surface area contributed by atoms with Gasteiger partial charge in [0, 0.05) is 0 Å². The highest BCUT2D eigenvalue weighted by molar-refractivity contribution is 8.23. The molecule has 0 radical (unpaired) electrons. The predicted octanol–water partition coefficient (Wildman–Crippen LogP) is 3.19. The normalized spacial score (nSPS) is 16.2. The molecule has 1 aromatic rings. The zero-order valence-corrected chi connectivity index (χ0v) is 11.5. The molecule has 1 aromatic carbocycles. The largest absolute Gasteiger partial charge is 0.272 e. The van der Waals surface area contributed by atoms with Gasteiger partial charge in [0.2, 0.25) is 0 Å². The van der Waals surface area contributed by atoms with Crippen LogP contribution < -0.4 is 0 Å². The Morgan fingerprint density at radius 3 is 2.76 bits per heavy atom. The van der Waals surface area contributed by atoms with Gasteiger partial charge in [-0.05, 0) is 17.7 Å². The van der Waals surface area contributed by atoms with Crippen LogP contribution in [0.1, 0.15) is 5.56 Å². The molecule has 1 aliphatic heterocycles. The van der Waals surface area contributed by atoms with E-state index in [1.165, 1.54) is 23.0 Å². The molecule has 0 unspecified atom stereocenters. The summed E-state index contributed by atoms with van der Waals surface area (Å²) in [7, 11) is 0. The Morgan fingerprint density at radius 1 is 1.41 bits per heavy atom. The summed E-state index contributed by atoms with van der Waals surface area (Å²) in [6.07, 6.45) is 1.53. The van der Waals surface area contributed by atoms with E-state index in [1.807, 2.05) is 0 Å². The summed E-state index contributed by atoms with van der Waals surface area (Å²) >= 11 is 17.9. The van der Waals surface area contributed by atoms with E-state index in [-0.39, 0.29) is 5.91 Å². The van der Waals surface area contributed by atoms with Crippen LogP contribution in [0, 0.1) is 0 Å². The number of rotatable bonds is 2. The fourth-order valence-electron chi connectivity index (χ4n) is 1.18. The molecule has 1 saturated heterocycles. The maximum Gasteiger partial charge on any atom is 0.259 e. The highest BCUT2D eigenvalue weighted by atomic mass is 35.5. The Morgan fingerprint density at radius 2 is 2.18 bits per heavy atom. The van der Waals surface area contributed by atoms with Crippen molar-refractivity contribution in [3.05, 3.63) is 33.8 Å². The summed E-state index contributed by atoms with van der Waals surface area (Å²) in [5.41, 5.74) is 0.756. The van der Waals surface area contributed by atoms with Gasteiger partial charge in [0.1, 0.15) is 0 Å². The standard InChI is InChI=1S/C10H6Cl2N2OS2/c11-7-2-1-6(3-8(7)12)4-13-14-9(15)5-17-10(14)16/h1-4H,5H2. The monoisotopic (exact) mass is 304 g/mol. The number of carbonyl (C=O) groups excluding carboxylic acids is 1. The number of amides is 1. The van der Waals surface area contributed by atoms with Crippen molar-refractivity contribution in [1.29, 1.82) is 0 Å². The molecule has 1 fully saturated rings. The minimum atomic E-state index is -0.115. The lowest BCUT2D eigenvalue weighted by atomic mass is 10.2. The molecule has 1 aliphatic rings. The third-order valence-corrected chi connectivity index (χ3v) is 4.07. The molecular weight excluding hydrogens is 299 g/mol. The number of benzene rings is 1. The van der Waals surface area contributed by atoms with E-state index in [2.05, 4.69) is 5.10 Å². The van der Waals surface area contributed by atoms with E-state index >= 15 is 0 Å². The van der Waals surface area contributed by atoms with Crippen molar-refractivity contribution in [3.63, 3.8) is 0 Å². The number of halogens is 2. The van der Waals surface area contributed by atoms with Crippen LogP contribution >= 0.6 is 47.2 Å². The highest BCUT2D eigenvalue weighted by Crippen LogP contribution is 2.22. The summed E-state index contributed by atoms with van der Waals surface area (Å²) in [4.78, 5) is 11.4. The van der Waals surface area contributed by atoms with E-state index in [1.54, 1.807) is 18.2 Å². The van der Waals surface area contributed by atoms with Crippen molar-refractivity contribution in [2.75, 3.05) is 5.75 Å². The van der Waals surface area contributed by atoms with Crippen LogP contribution in [-0.4, -0.2) is 27.2 Å². The Kier molecular flexibility index (Phi) is 4.04. The first-order valence-corrected chi connectivity index (χ1v) is 6.71. The van der Waals surface area contributed by atoms with Gasteiger partial charge in [-0.2, -0.15) is 10.1 Å². The topological polar surface area (TPSA) is 32.7 Å². The quantitative estimate of drug-likeness (QED) is 0.621. The van der Waals surface area contributed by atoms with Gasteiger partial charge in [0.15, 0.2) is 4.32 Å². The van der Waals surface area contributed by atoms with E-state index < -0.39 is 0 Å². The molecule has 0 spiro atoms. The number of hydrogen-bond acceptors (Lipinski definition) is 4. The molecule has 1 amide bonds. The van der Waals surface area contributed by atoms with Crippen molar-refractivity contribution in [2.45, 2.75) is 0 Å². The fourth-order valence-corrected chi connectivity index (χ4v) is 2.45. The molecule has 2 rings (SSSR count). The second kappa shape index (κ2) is 5.35. The van der Waals surface area contributed by atoms with Crippen LogP contribution in [0.15, 0.2) is 23.3 Å². The third kappa shape index (κ3) is 2.98. The highest BCUT2D eigenvalue weighted by Gasteiger charge is 2.25. The molecule has 0 saturated carbocycles. The molecule has 1 heterocycles. The number of thiocarbonyl (C=S) groups is 1. The summed E-state index contributed by atoms with van der Waals surface area (Å²) in [5, 5.41) is 6.16. The average molecular weight is 305 g/mol. The first kappa shape index (κ1) is 12.8. The first-order chi connectivity index (χ1) is 8.08. The van der Waals surface area contributed by atoms with E-state index in [0.717, 1.165) is 5.56 Å². The summed E-state index contributed by atoms with van der Waals surface area (Å²) in [6, 6.07) is 5.10. The third-order valence-electron chi connectivity index (χ3n) is 1.99. The number of thioether (sulfide) groups is 1. The summed E-state index contributed by atoms with van der Waals surface area (Å²) < 4.78 is 0.464. The van der Waals surface area contributed by atoms with Gasteiger partial charge in [-0.3, -0.25) is 4.79 Å². The molecule has 0 bridgehead atoms. The molecule has 88 valence electrons. The van der Waals surface area contributed by atoms with Crippen LogP contribution in [0.5, 0.6) is 0 Å². The Bertz CT molecular complexity index is 503. The molecule has 0 atom stereocenters. The molecular formula is C10H6Cl2N2OS2. The van der Waals surface area contributed by atoms with Gasteiger partial charge in [0.05, 0.1) is 22.0 Å². The molecule has 0 N–H and O–H groups in total. The van der Waals surface area contributed by atoms with E-state index in [9.17, 15) is 4.79 Å². The Balaban J connectivity index is 2.17. The minimum Gasteiger partial charge on any atom is -0.272 e. The summed E-state index contributed by atoms with van der Waals surface area (Å²) in [5.74, 6) is 0.230. The molecule has 0 aromatic heterocycles. The van der Waals surface area contributed by atoms with Crippen molar-refractivity contribution < 1.29 is 4.79 Å². The van der Waals surface area contributed by atoms with Crippen molar-refractivity contribution in [3.8, 4) is 0 Å². The van der Waals surface area contributed by atoms with Crippen LogP contribution in [0.25, 0.3) is 0 Å². The van der Waals surface area contributed by atoms with Gasteiger partial charge in [-0.15, -0.1) is 0 Å². The Hall–Kier alpha value is -0.620. The zero-order valence-electron chi connectivity index (χ0n) is 8.39. The Labute approximate surface area is 118 Å². The maximum atomic E-state index is 11.4. The number of hydrogen-bond donors (Lipinski definition) is 0. The number of carbonyl (C=O) groups is 1. The van der Waals surface area contributed by atoms with Crippen LogP contribution in [0.2, 0.25) is 10.0 Å². The number of hydrazone groups is 1. The lowest BCUT2D eigenvalue weighted by molar-refractivity contribution is -0.123. The van der Waals surface area contributed by atoms with Gasteiger partial charge < -0.3 is 0 Å². The first-order valence-electron chi connectivity index (χ1n) is 4.56. The molecule has 7 heteroatoms. The average Bonchev–Trinajstić information content (AvgIpc) is 2.61. The SMILES string of the molecule is O=C1CSC(=S)N1N=Cc1ccc(Cl)c(Cl)c1. The second-order valence-electron chi connectivity index (χ2n) is 3.18. The summed E-state index contributed by atoms with van der Waals surface area (Å²) in [6.45, 7) is 0. The maximum absolute atomic E-state index is 11.4. The molecule has 0 aliphatic carbocycles. The van der Waals surface area contributed by atoms with Gasteiger partial charge >= 0.3 is 0 Å². The van der Waals surface area contributed by atoms with Crippen molar-refractivity contribution in [2.24, 2.45) is 5.10 Å². The smallest absolute Gasteiger partial charge is 0.259 e. The van der Waals surface area contributed by atoms with Crippen LogP contribution in [0.3, 0.4) is 0 Å². The second-order valence-corrected chi connectivity index (χ2v) is 5.60. The van der Waals surface area contributed by atoms with Gasteiger partial charge in [0.25, 0.3) is 5.91 Å². The van der Waals surface area contributed by atoms with Gasteiger partial charge in [-0.1, -0.05) is 53.2 Å². The molecule has 17 heavy (non-hydrogen) atoms. The number of nitrogens with zero attached hydrogens (tertiary/aromatic N) is 2. The van der Waals surface area contributed by atoms with Gasteiger partial charge in [-0.25, -0.2) is 0 Å². The lowest BCUT2D eigenvalue weighted by Crippen LogP contribution is -2.22. The van der Waals surface area contributed by atoms with Crippen LogP contribution in [-0.2, 0) is 4.79 Å². The van der Waals surface area contributed by atoms with E-state index in [0.29, 0.717) is 20.1 Å². The molecule has 3 nitrogen and oxygen atoms in total. The van der Waals surface area contributed by atoms with Crippen molar-refractivity contribution in [1.82, 2.24) is 5.01 Å². The fraction of sp³-hybridized carbons (Fsp3) is 0.100.